The number of ether oxygens (including phenoxy) is 1. The Balaban J connectivity index is 1.61. The highest BCUT2D eigenvalue weighted by atomic mass is 19.1. The van der Waals surface area contributed by atoms with Crippen LogP contribution in [-0.2, 0) is 11.2 Å². The molecular weight excluding hydrogens is 295 g/mol. The molecule has 1 fully saturated rings. The summed E-state index contributed by atoms with van der Waals surface area (Å²) in [6, 6.07) is 13.4. The smallest absolute Gasteiger partial charge is 0.123 e. The lowest BCUT2D eigenvalue weighted by Gasteiger charge is -2.33. The second-order valence-corrected chi connectivity index (χ2v) is 6.13. The molecule has 0 unspecified atom stereocenters. The summed E-state index contributed by atoms with van der Waals surface area (Å²) in [5.41, 5.74) is 2.03. The van der Waals surface area contributed by atoms with E-state index in [1.165, 1.54) is 12.1 Å². The molecule has 0 saturated carbocycles. The van der Waals surface area contributed by atoms with E-state index in [0.29, 0.717) is 12.8 Å². The van der Waals surface area contributed by atoms with Crippen LogP contribution < -0.4 is 0 Å². The Kier molecular flexibility index (Phi) is 4.94. The third-order valence-electron chi connectivity index (χ3n) is 4.31. The van der Waals surface area contributed by atoms with Crippen molar-refractivity contribution in [1.82, 2.24) is 0 Å². The molecule has 2 N–H and O–H groups in total. The number of hydrogen-bond donors (Lipinski definition) is 2. The van der Waals surface area contributed by atoms with Crippen molar-refractivity contribution in [3.63, 3.8) is 0 Å². The quantitative estimate of drug-likeness (QED) is 0.903. The summed E-state index contributed by atoms with van der Waals surface area (Å²) >= 11 is 0. The van der Waals surface area contributed by atoms with Gasteiger partial charge >= 0.3 is 0 Å². The normalized spacial score (nSPS) is 24.5. The second-order valence-electron chi connectivity index (χ2n) is 6.13. The summed E-state index contributed by atoms with van der Waals surface area (Å²) in [6.45, 7) is 0. The molecule has 3 nitrogen and oxygen atoms in total. The standard InChI is InChI=1S/C19H21FO3/c20-15-6-4-14(5-7-15)19-12-17(22)11-18(23-19)10-3-13-1-8-16(21)9-2-13/h1-2,4-9,17-19,21-22H,3,10-12H2/t17-,18+,19-/m1/s1. The highest BCUT2D eigenvalue weighted by molar-refractivity contribution is 5.26. The van der Waals surface area contributed by atoms with Gasteiger partial charge in [-0.2, -0.15) is 0 Å². The zero-order chi connectivity index (χ0) is 16.2. The molecule has 1 aliphatic heterocycles. The maximum absolute atomic E-state index is 13.0. The summed E-state index contributed by atoms with van der Waals surface area (Å²) < 4.78 is 19.1. The first kappa shape index (κ1) is 16.0. The summed E-state index contributed by atoms with van der Waals surface area (Å²) in [4.78, 5) is 0. The van der Waals surface area contributed by atoms with Crippen LogP contribution in [0, 0.1) is 5.82 Å². The number of aliphatic hydroxyl groups is 1. The van der Waals surface area contributed by atoms with E-state index in [4.69, 9.17) is 4.74 Å². The van der Waals surface area contributed by atoms with Crippen molar-refractivity contribution in [1.29, 1.82) is 0 Å². The Bertz CT molecular complexity index is 624. The third kappa shape index (κ3) is 4.30. The molecule has 0 spiro atoms. The molecule has 0 amide bonds. The molecule has 1 saturated heterocycles. The molecule has 3 atom stereocenters. The number of halogens is 1. The summed E-state index contributed by atoms with van der Waals surface area (Å²) in [5.74, 6) is -0.0107. The lowest BCUT2D eigenvalue weighted by molar-refractivity contribution is -0.0998. The average Bonchev–Trinajstić information content (AvgIpc) is 2.54. The molecule has 0 bridgehead atoms. The molecule has 1 aliphatic rings. The van der Waals surface area contributed by atoms with E-state index in [1.54, 1.807) is 24.3 Å². The largest absolute Gasteiger partial charge is 0.508 e. The number of phenolic OH excluding ortho intramolecular Hbond substituents is 1. The minimum atomic E-state index is -0.399. The first-order valence-corrected chi connectivity index (χ1v) is 7.97. The fourth-order valence-corrected chi connectivity index (χ4v) is 3.06. The van der Waals surface area contributed by atoms with Crippen LogP contribution >= 0.6 is 0 Å². The summed E-state index contributed by atoms with van der Waals surface area (Å²) in [7, 11) is 0. The van der Waals surface area contributed by atoms with Crippen LogP contribution in [0.5, 0.6) is 5.75 Å². The second kappa shape index (κ2) is 7.11. The zero-order valence-electron chi connectivity index (χ0n) is 12.9. The molecular formula is C19H21FO3. The Morgan fingerprint density at radius 1 is 1.00 bits per heavy atom. The molecule has 0 aromatic heterocycles. The molecule has 0 aliphatic carbocycles. The van der Waals surface area contributed by atoms with Crippen LogP contribution in [0.15, 0.2) is 48.5 Å². The van der Waals surface area contributed by atoms with Crippen molar-refractivity contribution < 1.29 is 19.3 Å². The van der Waals surface area contributed by atoms with E-state index in [9.17, 15) is 14.6 Å². The van der Waals surface area contributed by atoms with Crippen molar-refractivity contribution in [3.05, 3.63) is 65.5 Å². The maximum Gasteiger partial charge on any atom is 0.123 e. The van der Waals surface area contributed by atoms with Crippen molar-refractivity contribution in [3.8, 4) is 5.75 Å². The predicted octanol–water partition coefficient (Wildman–Crippen LogP) is 3.75. The Hall–Kier alpha value is -1.91. The van der Waals surface area contributed by atoms with Crippen molar-refractivity contribution >= 4 is 0 Å². The number of hydrogen-bond acceptors (Lipinski definition) is 3. The van der Waals surface area contributed by atoms with Crippen LogP contribution in [-0.4, -0.2) is 22.4 Å². The highest BCUT2D eigenvalue weighted by Gasteiger charge is 2.29. The predicted molar refractivity (Wildman–Crippen MR) is 85.7 cm³/mol. The van der Waals surface area contributed by atoms with Gasteiger partial charge in [0, 0.05) is 6.42 Å². The fraction of sp³-hybridized carbons (Fsp3) is 0.368. The van der Waals surface area contributed by atoms with Gasteiger partial charge in [-0.3, -0.25) is 0 Å². The van der Waals surface area contributed by atoms with E-state index < -0.39 is 6.10 Å². The van der Waals surface area contributed by atoms with Gasteiger partial charge in [0.05, 0.1) is 18.3 Å². The van der Waals surface area contributed by atoms with Crippen LogP contribution in [0.4, 0.5) is 4.39 Å². The van der Waals surface area contributed by atoms with Crippen LogP contribution in [0.2, 0.25) is 0 Å². The molecule has 23 heavy (non-hydrogen) atoms. The Morgan fingerprint density at radius 2 is 1.70 bits per heavy atom. The van der Waals surface area contributed by atoms with E-state index in [0.717, 1.165) is 24.0 Å². The Morgan fingerprint density at radius 3 is 2.39 bits per heavy atom. The van der Waals surface area contributed by atoms with Crippen molar-refractivity contribution in [2.24, 2.45) is 0 Å². The minimum Gasteiger partial charge on any atom is -0.508 e. The van der Waals surface area contributed by atoms with Crippen molar-refractivity contribution in [2.75, 3.05) is 0 Å². The van der Waals surface area contributed by atoms with Crippen LogP contribution in [0.3, 0.4) is 0 Å². The van der Waals surface area contributed by atoms with Gasteiger partial charge < -0.3 is 14.9 Å². The highest BCUT2D eigenvalue weighted by Crippen LogP contribution is 2.33. The molecule has 122 valence electrons. The van der Waals surface area contributed by atoms with E-state index in [-0.39, 0.29) is 23.8 Å². The SMILES string of the molecule is Oc1ccc(CC[C@H]2C[C@@H](O)C[C@H](c3ccc(F)cc3)O2)cc1. The topological polar surface area (TPSA) is 49.7 Å². The first-order chi connectivity index (χ1) is 11.1. The molecule has 4 heteroatoms. The maximum atomic E-state index is 13.0. The number of rotatable bonds is 4. The monoisotopic (exact) mass is 316 g/mol. The summed E-state index contributed by atoms with van der Waals surface area (Å²) in [6.07, 6.45) is 2.18. The first-order valence-electron chi connectivity index (χ1n) is 7.97. The van der Waals surface area contributed by atoms with E-state index in [1.807, 2.05) is 12.1 Å². The van der Waals surface area contributed by atoms with Gasteiger partial charge in [-0.15, -0.1) is 0 Å². The number of benzene rings is 2. The van der Waals surface area contributed by atoms with Crippen LogP contribution in [0.25, 0.3) is 0 Å². The van der Waals surface area contributed by atoms with Gasteiger partial charge in [0.25, 0.3) is 0 Å². The van der Waals surface area contributed by atoms with Gasteiger partial charge in [-0.1, -0.05) is 24.3 Å². The number of aryl methyl sites for hydroxylation is 1. The molecule has 2 aromatic rings. The molecule has 1 heterocycles. The van der Waals surface area contributed by atoms with Crippen LogP contribution in [0.1, 0.15) is 36.5 Å². The third-order valence-corrected chi connectivity index (χ3v) is 4.31. The van der Waals surface area contributed by atoms with Gasteiger partial charge in [-0.25, -0.2) is 4.39 Å². The Labute approximate surface area is 135 Å². The fourth-order valence-electron chi connectivity index (χ4n) is 3.06. The molecule has 0 radical (unpaired) electrons. The number of aromatic hydroxyl groups is 1. The summed E-state index contributed by atoms with van der Waals surface area (Å²) in [5, 5.41) is 19.4. The molecule has 3 rings (SSSR count). The minimum absolute atomic E-state index is 0.0254. The number of aliphatic hydroxyl groups excluding tert-OH is 1. The van der Waals surface area contributed by atoms with Gasteiger partial charge in [0.1, 0.15) is 11.6 Å². The zero-order valence-corrected chi connectivity index (χ0v) is 12.9. The van der Waals surface area contributed by atoms with Gasteiger partial charge in [0.15, 0.2) is 0 Å². The van der Waals surface area contributed by atoms with E-state index in [2.05, 4.69) is 0 Å². The van der Waals surface area contributed by atoms with Gasteiger partial charge in [0.2, 0.25) is 0 Å². The van der Waals surface area contributed by atoms with Crippen molar-refractivity contribution in [2.45, 2.75) is 44.0 Å². The number of phenols is 1. The molecule has 2 aromatic carbocycles. The van der Waals surface area contributed by atoms with Gasteiger partial charge in [-0.05, 0) is 54.7 Å². The lowest BCUT2D eigenvalue weighted by Crippen LogP contribution is -2.31. The lowest BCUT2D eigenvalue weighted by atomic mass is 9.93. The average molecular weight is 316 g/mol. The van der Waals surface area contributed by atoms with E-state index >= 15 is 0 Å².